The first-order valence-electron chi connectivity index (χ1n) is 6.26. The highest BCUT2D eigenvalue weighted by Crippen LogP contribution is 2.19. The number of rotatable bonds is 4. The minimum Gasteiger partial charge on any atom is -0.363 e. The molecule has 4 nitrogen and oxygen atoms in total. The van der Waals surface area contributed by atoms with Gasteiger partial charge in [0.2, 0.25) is 0 Å². The normalized spacial score (nSPS) is 10.1. The quantitative estimate of drug-likeness (QED) is 0.873. The Hall–Kier alpha value is -2.06. The van der Waals surface area contributed by atoms with E-state index in [2.05, 4.69) is 52.1 Å². The van der Waals surface area contributed by atoms with Crippen LogP contribution in [0.2, 0.25) is 0 Å². The number of aromatic nitrogens is 2. The molecule has 1 aromatic carbocycles. The Labute approximate surface area is 123 Å². The number of thioether (sulfide) groups is 1. The largest absolute Gasteiger partial charge is 0.363 e. The Morgan fingerprint density at radius 2 is 1.90 bits per heavy atom. The lowest BCUT2D eigenvalue weighted by molar-refractivity contribution is 0.940. The summed E-state index contributed by atoms with van der Waals surface area (Å²) in [5.41, 5.74) is 3.38. The number of nitrogens with one attached hydrogen (secondary N) is 1. The topological polar surface area (TPSA) is 61.6 Å². The molecule has 0 bridgehead atoms. The average molecular weight is 284 g/mol. The Balaban J connectivity index is 2.14. The molecule has 1 N–H and O–H groups in total. The van der Waals surface area contributed by atoms with Gasteiger partial charge in [-0.25, -0.2) is 0 Å². The van der Waals surface area contributed by atoms with Gasteiger partial charge in [-0.05, 0) is 43.4 Å². The van der Waals surface area contributed by atoms with E-state index in [1.165, 1.54) is 4.90 Å². The maximum absolute atomic E-state index is 9.23. The molecule has 1 heterocycles. The molecule has 0 aliphatic carbocycles. The SMILES string of the molecule is CSc1ccc(CNc2nnc(C)c(C)c2C#N)cc1. The number of nitrogens with zero attached hydrogens (tertiary/aromatic N) is 3. The van der Waals surface area contributed by atoms with Crippen molar-refractivity contribution in [1.82, 2.24) is 10.2 Å². The van der Waals surface area contributed by atoms with Gasteiger partial charge in [-0.2, -0.15) is 10.4 Å². The molecule has 0 fully saturated rings. The highest BCUT2D eigenvalue weighted by atomic mass is 32.2. The highest BCUT2D eigenvalue weighted by Gasteiger charge is 2.10. The molecule has 2 aromatic rings. The monoisotopic (exact) mass is 284 g/mol. The fourth-order valence-electron chi connectivity index (χ4n) is 1.80. The first kappa shape index (κ1) is 14.4. The van der Waals surface area contributed by atoms with E-state index in [9.17, 15) is 5.26 Å². The van der Waals surface area contributed by atoms with Crippen LogP contribution < -0.4 is 5.32 Å². The molecule has 102 valence electrons. The lowest BCUT2D eigenvalue weighted by atomic mass is 10.1. The third-order valence-electron chi connectivity index (χ3n) is 3.19. The van der Waals surface area contributed by atoms with E-state index in [1.54, 1.807) is 11.8 Å². The van der Waals surface area contributed by atoms with E-state index in [1.807, 2.05) is 13.8 Å². The fourth-order valence-corrected chi connectivity index (χ4v) is 2.21. The lowest BCUT2D eigenvalue weighted by Gasteiger charge is -2.09. The van der Waals surface area contributed by atoms with E-state index in [0.29, 0.717) is 17.9 Å². The van der Waals surface area contributed by atoms with Crippen molar-refractivity contribution in [3.05, 3.63) is 46.6 Å². The van der Waals surface area contributed by atoms with Crippen molar-refractivity contribution in [3.63, 3.8) is 0 Å². The van der Waals surface area contributed by atoms with Crippen LogP contribution >= 0.6 is 11.8 Å². The number of aryl methyl sites for hydroxylation is 1. The summed E-state index contributed by atoms with van der Waals surface area (Å²) < 4.78 is 0. The molecule has 0 saturated heterocycles. The van der Waals surface area contributed by atoms with Crippen molar-refractivity contribution in [2.24, 2.45) is 0 Å². The molecule has 0 spiro atoms. The summed E-state index contributed by atoms with van der Waals surface area (Å²) in [6.07, 6.45) is 2.05. The number of benzene rings is 1. The third kappa shape index (κ3) is 3.09. The Morgan fingerprint density at radius 3 is 2.50 bits per heavy atom. The van der Waals surface area contributed by atoms with Crippen LogP contribution in [0, 0.1) is 25.2 Å². The van der Waals surface area contributed by atoms with E-state index in [4.69, 9.17) is 0 Å². The molecule has 0 unspecified atom stereocenters. The van der Waals surface area contributed by atoms with Crippen LogP contribution in [0.15, 0.2) is 29.2 Å². The van der Waals surface area contributed by atoms with E-state index < -0.39 is 0 Å². The summed E-state index contributed by atoms with van der Waals surface area (Å²) >= 11 is 1.72. The molecule has 20 heavy (non-hydrogen) atoms. The third-order valence-corrected chi connectivity index (χ3v) is 3.93. The van der Waals surface area contributed by atoms with Gasteiger partial charge >= 0.3 is 0 Å². The molecule has 0 saturated carbocycles. The maximum atomic E-state index is 9.23. The zero-order chi connectivity index (χ0) is 14.5. The van der Waals surface area contributed by atoms with Crippen molar-refractivity contribution in [1.29, 1.82) is 5.26 Å². The van der Waals surface area contributed by atoms with Crippen LogP contribution in [-0.4, -0.2) is 16.5 Å². The van der Waals surface area contributed by atoms with Crippen LogP contribution in [0.1, 0.15) is 22.4 Å². The van der Waals surface area contributed by atoms with Gasteiger partial charge < -0.3 is 5.32 Å². The van der Waals surface area contributed by atoms with Crippen molar-refractivity contribution < 1.29 is 0 Å². The standard InChI is InChI=1S/C15H16N4S/c1-10-11(2)18-19-15(14(10)8-16)17-9-12-4-6-13(20-3)7-5-12/h4-7H,9H2,1-3H3,(H,17,19). The minimum absolute atomic E-state index is 0.546. The summed E-state index contributed by atoms with van der Waals surface area (Å²) in [6.45, 7) is 4.37. The second-order valence-corrected chi connectivity index (χ2v) is 5.33. The zero-order valence-corrected chi connectivity index (χ0v) is 12.6. The number of anilines is 1. The van der Waals surface area contributed by atoms with Crippen molar-refractivity contribution in [2.45, 2.75) is 25.3 Å². The molecule has 0 aliphatic heterocycles. The van der Waals surface area contributed by atoms with Crippen molar-refractivity contribution >= 4 is 17.6 Å². The van der Waals surface area contributed by atoms with Crippen LogP contribution in [0.3, 0.4) is 0 Å². The van der Waals surface area contributed by atoms with E-state index >= 15 is 0 Å². The van der Waals surface area contributed by atoms with E-state index in [0.717, 1.165) is 16.8 Å². The molecule has 0 amide bonds. The molecule has 0 atom stereocenters. The predicted octanol–water partition coefficient (Wildman–Crippen LogP) is 3.30. The second-order valence-electron chi connectivity index (χ2n) is 4.45. The van der Waals surface area contributed by atoms with Crippen molar-refractivity contribution in [3.8, 4) is 6.07 Å². The summed E-state index contributed by atoms with van der Waals surface area (Å²) in [5.74, 6) is 0.546. The Kier molecular flexibility index (Phi) is 4.59. The molecule has 2 rings (SSSR count). The van der Waals surface area contributed by atoms with Gasteiger partial charge in [-0.15, -0.1) is 16.9 Å². The summed E-state index contributed by atoms with van der Waals surface area (Å²) in [6, 6.07) is 10.5. The average Bonchev–Trinajstić information content (AvgIpc) is 2.49. The maximum Gasteiger partial charge on any atom is 0.167 e. The molecular formula is C15H16N4S. The van der Waals surface area contributed by atoms with Crippen LogP contribution in [-0.2, 0) is 6.54 Å². The van der Waals surface area contributed by atoms with Crippen molar-refractivity contribution in [2.75, 3.05) is 11.6 Å². The fraction of sp³-hybridized carbons (Fsp3) is 0.267. The van der Waals surface area contributed by atoms with Gasteiger partial charge in [-0.3, -0.25) is 0 Å². The zero-order valence-electron chi connectivity index (χ0n) is 11.8. The summed E-state index contributed by atoms with van der Waals surface area (Å²) in [5, 5.41) is 20.5. The second kappa shape index (κ2) is 6.40. The number of nitriles is 1. The molecular weight excluding hydrogens is 268 g/mol. The van der Waals surface area contributed by atoms with E-state index in [-0.39, 0.29) is 0 Å². The lowest BCUT2D eigenvalue weighted by Crippen LogP contribution is -2.07. The molecule has 0 radical (unpaired) electrons. The van der Waals surface area contributed by atoms with Crippen LogP contribution in [0.4, 0.5) is 5.82 Å². The number of hydrogen-bond donors (Lipinski definition) is 1. The van der Waals surface area contributed by atoms with Gasteiger partial charge in [0.05, 0.1) is 5.69 Å². The molecule has 5 heteroatoms. The highest BCUT2D eigenvalue weighted by molar-refractivity contribution is 7.98. The Morgan fingerprint density at radius 1 is 1.20 bits per heavy atom. The van der Waals surface area contributed by atoms with Crippen LogP contribution in [0.5, 0.6) is 0 Å². The minimum atomic E-state index is 0.546. The number of hydrogen-bond acceptors (Lipinski definition) is 5. The van der Waals surface area contributed by atoms with Gasteiger partial charge in [0, 0.05) is 11.4 Å². The first-order valence-corrected chi connectivity index (χ1v) is 7.49. The smallest absolute Gasteiger partial charge is 0.167 e. The van der Waals surface area contributed by atoms with Crippen LogP contribution in [0.25, 0.3) is 0 Å². The molecule has 1 aromatic heterocycles. The predicted molar refractivity (Wildman–Crippen MR) is 81.8 cm³/mol. The summed E-state index contributed by atoms with van der Waals surface area (Å²) in [7, 11) is 0. The van der Waals surface area contributed by atoms with Gasteiger partial charge in [0.25, 0.3) is 0 Å². The summed E-state index contributed by atoms with van der Waals surface area (Å²) in [4.78, 5) is 1.23. The molecule has 0 aliphatic rings. The van der Waals surface area contributed by atoms with Gasteiger partial charge in [0.1, 0.15) is 11.6 Å². The first-order chi connectivity index (χ1) is 9.65. The van der Waals surface area contributed by atoms with Gasteiger partial charge in [0.15, 0.2) is 5.82 Å². The Bertz CT molecular complexity index is 644. The van der Waals surface area contributed by atoms with Gasteiger partial charge in [-0.1, -0.05) is 12.1 Å².